The maximum absolute atomic E-state index is 11.9. The van der Waals surface area contributed by atoms with Gasteiger partial charge < -0.3 is 24.1 Å². The number of fused-ring (bicyclic) bond motifs is 2. The normalized spacial score (nSPS) is 14.2. The zero-order valence-electron chi connectivity index (χ0n) is 23.1. The number of hydrogen-bond donors (Lipinski definition) is 1. The van der Waals surface area contributed by atoms with Crippen molar-refractivity contribution in [1.29, 1.82) is 0 Å². The second-order valence-electron chi connectivity index (χ2n) is 9.74. The van der Waals surface area contributed by atoms with Gasteiger partial charge >= 0.3 is 5.76 Å². The molecule has 0 radical (unpaired) electrons. The van der Waals surface area contributed by atoms with Gasteiger partial charge in [0, 0.05) is 25.4 Å². The lowest BCUT2D eigenvalue weighted by molar-refractivity contribution is -0.127. The third-order valence-electron chi connectivity index (χ3n) is 6.77. The highest BCUT2D eigenvalue weighted by Crippen LogP contribution is 2.32. The fraction of sp³-hybridized carbons (Fsp3) is 0.250. The predicted molar refractivity (Wildman–Crippen MR) is 158 cm³/mol. The number of rotatable bonds is 7. The Morgan fingerprint density at radius 3 is 2.57 bits per heavy atom. The molecule has 2 aromatic carbocycles. The molecule has 2 amide bonds. The van der Waals surface area contributed by atoms with Crippen LogP contribution in [0.5, 0.6) is 11.5 Å². The van der Waals surface area contributed by atoms with Gasteiger partial charge in [0.1, 0.15) is 6.54 Å². The molecule has 42 heavy (non-hydrogen) atoms. The van der Waals surface area contributed by atoms with Gasteiger partial charge in [0.15, 0.2) is 17.1 Å². The Kier molecular flexibility index (Phi) is 9.46. The first-order valence-electron chi connectivity index (χ1n) is 13.8. The molecular weight excluding hydrogens is 536 g/mol. The molecule has 10 nitrogen and oxygen atoms in total. The number of ether oxygens (including phenoxy) is 2. The number of oxazole rings is 1. The van der Waals surface area contributed by atoms with Crippen LogP contribution in [-0.2, 0) is 22.7 Å². The van der Waals surface area contributed by atoms with Gasteiger partial charge in [-0.05, 0) is 61.2 Å². The number of allylic oxidation sites excluding steroid dienone is 2. The van der Waals surface area contributed by atoms with E-state index in [0.29, 0.717) is 17.6 Å². The van der Waals surface area contributed by atoms with E-state index in [1.54, 1.807) is 42.6 Å². The number of piperidine rings is 1. The largest absolute Gasteiger partial charge is 0.454 e. The Labute approximate surface area is 242 Å². The molecule has 6 rings (SSSR count). The number of para-hydroxylation sites is 2. The highest BCUT2D eigenvalue weighted by atomic mass is 16.7. The molecule has 0 atom stereocenters. The fourth-order valence-electron chi connectivity index (χ4n) is 4.60. The van der Waals surface area contributed by atoms with Crippen LogP contribution in [0.25, 0.3) is 17.2 Å². The number of hydrogen-bond acceptors (Lipinski definition) is 7. The van der Waals surface area contributed by atoms with E-state index in [1.165, 1.54) is 11.0 Å². The van der Waals surface area contributed by atoms with E-state index in [2.05, 4.69) is 10.3 Å². The molecule has 216 valence electrons. The molecule has 2 aliphatic heterocycles. The van der Waals surface area contributed by atoms with Gasteiger partial charge in [-0.2, -0.15) is 0 Å². The Balaban J connectivity index is 0.000000168. The number of carbonyl (C=O) groups is 2. The van der Waals surface area contributed by atoms with Crippen LogP contribution in [-0.4, -0.2) is 46.1 Å². The van der Waals surface area contributed by atoms with Crippen LogP contribution in [0.15, 0.2) is 94.3 Å². The predicted octanol–water partition coefficient (Wildman–Crippen LogP) is 4.30. The zero-order chi connectivity index (χ0) is 29.1. The topological polar surface area (TPSA) is 116 Å². The van der Waals surface area contributed by atoms with Crippen molar-refractivity contribution >= 4 is 29.0 Å². The van der Waals surface area contributed by atoms with Gasteiger partial charge in [-0.15, -0.1) is 0 Å². The first-order chi connectivity index (χ1) is 20.6. The third-order valence-corrected chi connectivity index (χ3v) is 6.77. The van der Waals surface area contributed by atoms with Gasteiger partial charge in [-0.25, -0.2) is 4.79 Å². The summed E-state index contributed by atoms with van der Waals surface area (Å²) in [5, 5.41) is 2.73. The Morgan fingerprint density at radius 2 is 1.74 bits per heavy atom. The fourth-order valence-corrected chi connectivity index (χ4v) is 4.60. The monoisotopic (exact) mass is 568 g/mol. The van der Waals surface area contributed by atoms with Crippen molar-refractivity contribution in [2.24, 2.45) is 0 Å². The van der Waals surface area contributed by atoms with Crippen molar-refractivity contribution in [3.05, 3.63) is 107 Å². The van der Waals surface area contributed by atoms with Crippen LogP contribution >= 0.6 is 0 Å². The third kappa shape index (κ3) is 7.54. The molecule has 0 spiro atoms. The minimum Gasteiger partial charge on any atom is -0.454 e. The summed E-state index contributed by atoms with van der Waals surface area (Å²) in [5.74, 6) is 0.844. The quantitative estimate of drug-likeness (QED) is 0.261. The number of amides is 2. The molecule has 0 unspecified atom stereocenters. The number of likely N-dealkylation sites (tertiary alicyclic amines) is 1. The molecule has 4 heterocycles. The van der Waals surface area contributed by atoms with E-state index in [9.17, 15) is 14.4 Å². The van der Waals surface area contributed by atoms with Crippen molar-refractivity contribution in [3.8, 4) is 11.5 Å². The molecular formula is C32H32N4O6. The second-order valence-corrected chi connectivity index (χ2v) is 9.74. The van der Waals surface area contributed by atoms with Gasteiger partial charge in [-0.1, -0.05) is 42.5 Å². The van der Waals surface area contributed by atoms with Gasteiger partial charge in [0.05, 0.1) is 17.8 Å². The molecule has 1 N–H and O–H groups in total. The number of pyridine rings is 1. The van der Waals surface area contributed by atoms with Crippen LogP contribution in [0, 0.1) is 0 Å². The van der Waals surface area contributed by atoms with E-state index < -0.39 is 5.76 Å². The summed E-state index contributed by atoms with van der Waals surface area (Å²) in [4.78, 5) is 41.6. The Morgan fingerprint density at radius 1 is 0.929 bits per heavy atom. The van der Waals surface area contributed by atoms with Gasteiger partial charge in [0.2, 0.25) is 18.6 Å². The lowest BCUT2D eigenvalue weighted by Crippen LogP contribution is -2.34. The summed E-state index contributed by atoms with van der Waals surface area (Å²) in [6.07, 6.45) is 12.4. The second kappa shape index (κ2) is 14.0. The number of carbonyl (C=O) groups excluding carboxylic acids is 2. The number of nitrogens with zero attached hydrogens (tertiary/aromatic N) is 3. The Bertz CT molecular complexity index is 1630. The molecule has 10 heteroatoms. The summed E-state index contributed by atoms with van der Waals surface area (Å²) in [6, 6.07) is 18.3. The van der Waals surface area contributed by atoms with Crippen LogP contribution in [0.1, 0.15) is 30.5 Å². The minimum atomic E-state index is -0.538. The zero-order valence-corrected chi connectivity index (χ0v) is 23.1. The summed E-state index contributed by atoms with van der Waals surface area (Å²) in [7, 11) is 0. The minimum absolute atomic E-state index is 0.0807. The number of aromatic nitrogens is 2. The van der Waals surface area contributed by atoms with Crippen molar-refractivity contribution < 1.29 is 23.5 Å². The molecule has 4 aromatic rings. The average Bonchev–Trinajstić information content (AvgIpc) is 3.63. The van der Waals surface area contributed by atoms with E-state index in [-0.39, 0.29) is 25.2 Å². The molecule has 1 saturated heterocycles. The van der Waals surface area contributed by atoms with Crippen LogP contribution < -0.4 is 20.5 Å². The van der Waals surface area contributed by atoms with E-state index >= 15 is 0 Å². The molecule has 0 saturated carbocycles. The lowest BCUT2D eigenvalue weighted by Gasteiger charge is -2.25. The maximum Gasteiger partial charge on any atom is 0.420 e. The van der Waals surface area contributed by atoms with E-state index in [0.717, 1.165) is 48.7 Å². The summed E-state index contributed by atoms with van der Waals surface area (Å²) in [6.45, 7) is 2.30. The van der Waals surface area contributed by atoms with Crippen LogP contribution in [0.3, 0.4) is 0 Å². The SMILES string of the molecule is O=C(C=CC=Cc1ccc2c(c1)OCO2)N1CCCCC1.O=C(Cn1c(=O)oc2ccccc21)NCc1ccccn1. The average molecular weight is 569 g/mol. The summed E-state index contributed by atoms with van der Waals surface area (Å²) < 4.78 is 17.0. The van der Waals surface area contributed by atoms with Gasteiger partial charge in [0.25, 0.3) is 0 Å². The van der Waals surface area contributed by atoms with Crippen LogP contribution in [0.2, 0.25) is 0 Å². The van der Waals surface area contributed by atoms with E-state index in [4.69, 9.17) is 13.9 Å². The number of nitrogens with one attached hydrogen (secondary N) is 1. The van der Waals surface area contributed by atoms with Crippen LogP contribution in [0.4, 0.5) is 0 Å². The molecule has 0 aliphatic carbocycles. The molecule has 1 fully saturated rings. The van der Waals surface area contributed by atoms with Crippen molar-refractivity contribution in [2.75, 3.05) is 19.9 Å². The van der Waals surface area contributed by atoms with Gasteiger partial charge in [-0.3, -0.25) is 19.1 Å². The summed E-state index contributed by atoms with van der Waals surface area (Å²) in [5.41, 5.74) is 2.86. The standard InChI is InChI=1S/C17H19NO3.C15H13N3O3/c19-17(18-10-4-1-5-11-18)7-3-2-6-14-8-9-15-16(12-14)21-13-20-15;19-14(17-9-11-5-3-4-8-16-11)10-18-12-6-1-2-7-13(12)21-15(18)20/h2-3,6-9,12H,1,4-5,10-11,13H2;1-8H,9-10H2,(H,17,19). The first-order valence-corrected chi connectivity index (χ1v) is 13.8. The highest BCUT2D eigenvalue weighted by Gasteiger charge is 2.14. The molecule has 2 aliphatic rings. The van der Waals surface area contributed by atoms with Crippen molar-refractivity contribution in [2.45, 2.75) is 32.4 Å². The highest BCUT2D eigenvalue weighted by molar-refractivity contribution is 5.88. The smallest absolute Gasteiger partial charge is 0.420 e. The molecule has 0 bridgehead atoms. The maximum atomic E-state index is 11.9. The van der Waals surface area contributed by atoms with Crippen molar-refractivity contribution in [3.63, 3.8) is 0 Å². The van der Waals surface area contributed by atoms with E-state index in [1.807, 2.05) is 53.5 Å². The summed E-state index contributed by atoms with van der Waals surface area (Å²) >= 11 is 0. The lowest BCUT2D eigenvalue weighted by atomic mass is 10.1. The van der Waals surface area contributed by atoms with Crippen molar-refractivity contribution in [1.82, 2.24) is 19.8 Å². The molecule has 2 aromatic heterocycles. The first kappa shape index (κ1) is 28.4. The Hall–Kier alpha value is -5.12. The number of benzene rings is 2.